The highest BCUT2D eigenvalue weighted by molar-refractivity contribution is 7.18. The van der Waals surface area contributed by atoms with Crippen LogP contribution in [0.25, 0.3) is 10.2 Å². The van der Waals surface area contributed by atoms with Gasteiger partial charge >= 0.3 is 0 Å². The zero-order chi connectivity index (χ0) is 13.2. The van der Waals surface area contributed by atoms with Crippen LogP contribution in [-0.4, -0.2) is 16.0 Å². The van der Waals surface area contributed by atoms with Crippen molar-refractivity contribution in [3.63, 3.8) is 0 Å². The largest absolute Gasteiger partial charge is 0.367 e. The fourth-order valence-electron chi connectivity index (χ4n) is 2.80. The molecule has 2 heterocycles. The van der Waals surface area contributed by atoms with E-state index in [-0.39, 0.29) is 0 Å². The molecule has 0 bridgehead atoms. The zero-order valence-electron chi connectivity index (χ0n) is 11.7. The van der Waals surface area contributed by atoms with Crippen molar-refractivity contribution in [3.05, 3.63) is 16.8 Å². The van der Waals surface area contributed by atoms with Gasteiger partial charge in [-0.3, -0.25) is 0 Å². The molecular weight excluding hydrogens is 254 g/mol. The Morgan fingerprint density at radius 2 is 2.05 bits per heavy atom. The molecule has 4 heteroatoms. The van der Waals surface area contributed by atoms with E-state index in [1.165, 1.54) is 42.4 Å². The predicted octanol–water partition coefficient (Wildman–Crippen LogP) is 4.31. The molecule has 0 atom stereocenters. The van der Waals surface area contributed by atoms with Crippen LogP contribution < -0.4 is 5.32 Å². The number of anilines is 1. The van der Waals surface area contributed by atoms with Crippen LogP contribution in [0.4, 0.5) is 5.82 Å². The molecule has 3 nitrogen and oxygen atoms in total. The molecule has 0 radical (unpaired) electrons. The highest BCUT2D eigenvalue weighted by atomic mass is 32.1. The van der Waals surface area contributed by atoms with Crippen molar-refractivity contribution in [2.45, 2.75) is 58.4 Å². The number of aryl methyl sites for hydroxylation is 2. The molecule has 0 aliphatic heterocycles. The average Bonchev–Trinajstić information content (AvgIpc) is 2.83. The van der Waals surface area contributed by atoms with Gasteiger partial charge in [0.25, 0.3) is 0 Å². The van der Waals surface area contributed by atoms with E-state index in [0.29, 0.717) is 6.04 Å². The van der Waals surface area contributed by atoms with Gasteiger partial charge in [0.05, 0.1) is 5.39 Å². The quantitative estimate of drug-likeness (QED) is 0.907. The molecule has 2 aromatic rings. The molecule has 102 valence electrons. The lowest BCUT2D eigenvalue weighted by atomic mass is 9.95. The van der Waals surface area contributed by atoms with E-state index < -0.39 is 0 Å². The van der Waals surface area contributed by atoms with Gasteiger partial charge in [0.2, 0.25) is 0 Å². The van der Waals surface area contributed by atoms with Crippen LogP contribution in [0.15, 0.2) is 6.07 Å². The first kappa shape index (κ1) is 12.9. The highest BCUT2D eigenvalue weighted by Crippen LogP contribution is 2.31. The van der Waals surface area contributed by atoms with Crippen molar-refractivity contribution >= 4 is 27.4 Å². The van der Waals surface area contributed by atoms with Crippen LogP contribution in [-0.2, 0) is 6.42 Å². The first-order chi connectivity index (χ1) is 9.26. The predicted molar refractivity (Wildman–Crippen MR) is 82.0 cm³/mol. The van der Waals surface area contributed by atoms with Gasteiger partial charge in [0.1, 0.15) is 16.5 Å². The summed E-state index contributed by atoms with van der Waals surface area (Å²) in [5.41, 5.74) is 0. The molecule has 1 fully saturated rings. The number of aromatic nitrogens is 2. The Hall–Kier alpha value is -1.16. The second-order valence-electron chi connectivity index (χ2n) is 5.38. The molecule has 0 spiro atoms. The number of nitrogens with zero attached hydrogens (tertiary/aromatic N) is 2. The molecule has 2 aromatic heterocycles. The van der Waals surface area contributed by atoms with Gasteiger partial charge in [-0.25, -0.2) is 9.97 Å². The molecule has 0 amide bonds. The van der Waals surface area contributed by atoms with Crippen LogP contribution in [0.1, 0.15) is 49.7 Å². The van der Waals surface area contributed by atoms with Crippen LogP contribution in [0.2, 0.25) is 0 Å². The Morgan fingerprint density at radius 3 is 2.79 bits per heavy atom. The van der Waals surface area contributed by atoms with E-state index in [4.69, 9.17) is 0 Å². The summed E-state index contributed by atoms with van der Waals surface area (Å²) in [6.45, 7) is 4.18. The molecule has 1 saturated carbocycles. The SMILES string of the molecule is CCc1cc2c(NC3CCCCC3)nc(C)nc2s1. The third-order valence-corrected chi connectivity index (χ3v) is 5.02. The topological polar surface area (TPSA) is 37.8 Å². The van der Waals surface area contributed by atoms with Gasteiger partial charge in [0, 0.05) is 10.9 Å². The summed E-state index contributed by atoms with van der Waals surface area (Å²) in [5.74, 6) is 1.92. The number of fused-ring (bicyclic) bond motifs is 1. The Labute approximate surface area is 118 Å². The summed E-state index contributed by atoms with van der Waals surface area (Å²) in [7, 11) is 0. The lowest BCUT2D eigenvalue weighted by Gasteiger charge is -2.23. The Morgan fingerprint density at radius 1 is 1.26 bits per heavy atom. The lowest BCUT2D eigenvalue weighted by Crippen LogP contribution is -2.23. The minimum absolute atomic E-state index is 0.594. The van der Waals surface area contributed by atoms with E-state index in [9.17, 15) is 0 Å². The number of rotatable bonds is 3. The summed E-state index contributed by atoms with van der Waals surface area (Å²) >= 11 is 1.80. The Kier molecular flexibility index (Phi) is 3.69. The first-order valence-electron chi connectivity index (χ1n) is 7.30. The molecule has 1 aliphatic rings. The summed E-state index contributed by atoms with van der Waals surface area (Å²) in [4.78, 5) is 11.7. The lowest BCUT2D eigenvalue weighted by molar-refractivity contribution is 0.462. The maximum Gasteiger partial charge on any atom is 0.138 e. The fourth-order valence-corrected chi connectivity index (χ4v) is 3.82. The van der Waals surface area contributed by atoms with Crippen LogP contribution in [0.5, 0.6) is 0 Å². The smallest absolute Gasteiger partial charge is 0.138 e. The van der Waals surface area contributed by atoms with Crippen molar-refractivity contribution in [1.29, 1.82) is 0 Å². The van der Waals surface area contributed by atoms with Crippen LogP contribution in [0.3, 0.4) is 0 Å². The van der Waals surface area contributed by atoms with Crippen molar-refractivity contribution < 1.29 is 0 Å². The number of thiophene rings is 1. The van der Waals surface area contributed by atoms with Crippen LogP contribution in [0, 0.1) is 6.92 Å². The Balaban J connectivity index is 1.94. The number of nitrogens with one attached hydrogen (secondary N) is 1. The average molecular weight is 275 g/mol. The van der Waals surface area contributed by atoms with E-state index in [1.807, 2.05) is 6.92 Å². The van der Waals surface area contributed by atoms with E-state index >= 15 is 0 Å². The summed E-state index contributed by atoms with van der Waals surface area (Å²) in [6, 6.07) is 2.85. The monoisotopic (exact) mass is 275 g/mol. The highest BCUT2D eigenvalue weighted by Gasteiger charge is 2.16. The second kappa shape index (κ2) is 5.45. The summed E-state index contributed by atoms with van der Waals surface area (Å²) in [6.07, 6.45) is 7.69. The Bertz CT molecular complexity index is 570. The molecule has 3 rings (SSSR count). The minimum Gasteiger partial charge on any atom is -0.367 e. The van der Waals surface area contributed by atoms with E-state index in [2.05, 4.69) is 28.3 Å². The summed E-state index contributed by atoms with van der Waals surface area (Å²) < 4.78 is 0. The number of hydrogen-bond donors (Lipinski definition) is 1. The van der Waals surface area contributed by atoms with E-state index in [0.717, 1.165) is 22.9 Å². The van der Waals surface area contributed by atoms with Gasteiger partial charge < -0.3 is 5.32 Å². The van der Waals surface area contributed by atoms with Crippen molar-refractivity contribution in [3.8, 4) is 0 Å². The standard InChI is InChI=1S/C15H21N3S/c1-3-12-9-13-14(16-10(2)17-15(13)19-12)18-11-7-5-4-6-8-11/h9,11H,3-8H2,1-2H3,(H,16,17,18). The van der Waals surface area contributed by atoms with Crippen LogP contribution >= 0.6 is 11.3 Å². The molecule has 0 unspecified atom stereocenters. The van der Waals surface area contributed by atoms with E-state index in [1.54, 1.807) is 11.3 Å². The third kappa shape index (κ3) is 2.73. The van der Waals surface area contributed by atoms with Gasteiger partial charge in [-0.15, -0.1) is 11.3 Å². The zero-order valence-corrected chi connectivity index (χ0v) is 12.5. The normalized spacial score (nSPS) is 16.9. The maximum absolute atomic E-state index is 4.63. The molecule has 0 aromatic carbocycles. The third-order valence-electron chi connectivity index (χ3n) is 3.85. The van der Waals surface area contributed by atoms with Crippen molar-refractivity contribution in [2.24, 2.45) is 0 Å². The minimum atomic E-state index is 0.594. The fraction of sp³-hybridized carbons (Fsp3) is 0.600. The molecule has 1 aliphatic carbocycles. The maximum atomic E-state index is 4.63. The number of hydrogen-bond acceptors (Lipinski definition) is 4. The van der Waals surface area contributed by atoms with Crippen molar-refractivity contribution in [2.75, 3.05) is 5.32 Å². The van der Waals surface area contributed by atoms with Gasteiger partial charge in [-0.05, 0) is 32.3 Å². The van der Waals surface area contributed by atoms with Gasteiger partial charge in [0.15, 0.2) is 0 Å². The molecule has 1 N–H and O–H groups in total. The molecule has 19 heavy (non-hydrogen) atoms. The summed E-state index contributed by atoms with van der Waals surface area (Å²) in [5, 5.41) is 4.86. The van der Waals surface area contributed by atoms with Gasteiger partial charge in [-0.2, -0.15) is 0 Å². The molecule has 0 saturated heterocycles. The van der Waals surface area contributed by atoms with Gasteiger partial charge in [-0.1, -0.05) is 26.2 Å². The second-order valence-corrected chi connectivity index (χ2v) is 6.50. The first-order valence-corrected chi connectivity index (χ1v) is 8.11. The molecular formula is C15H21N3S. The van der Waals surface area contributed by atoms with Crippen molar-refractivity contribution in [1.82, 2.24) is 9.97 Å².